The van der Waals surface area contributed by atoms with Gasteiger partial charge in [-0.2, -0.15) is 0 Å². The molecule has 0 radical (unpaired) electrons. The maximum Gasteiger partial charge on any atom is 0.338 e. The van der Waals surface area contributed by atoms with Crippen LogP contribution < -0.4 is 4.72 Å². The molecule has 3 aromatic carbocycles. The monoisotopic (exact) mass is 423 g/mol. The Morgan fingerprint density at radius 3 is 2.10 bits per heavy atom. The molecular formula is C24H25NO4S. The van der Waals surface area contributed by atoms with E-state index < -0.39 is 16.0 Å². The van der Waals surface area contributed by atoms with Crippen molar-refractivity contribution in [2.45, 2.75) is 25.2 Å². The molecule has 30 heavy (non-hydrogen) atoms. The van der Waals surface area contributed by atoms with Crippen molar-refractivity contribution >= 4 is 16.0 Å². The number of esters is 1. The minimum atomic E-state index is -3.72. The third-order valence-corrected chi connectivity index (χ3v) is 6.43. The van der Waals surface area contributed by atoms with Gasteiger partial charge < -0.3 is 4.74 Å². The maximum atomic E-state index is 12.6. The van der Waals surface area contributed by atoms with Crippen molar-refractivity contribution < 1.29 is 17.9 Å². The first-order valence-corrected chi connectivity index (χ1v) is 11.1. The van der Waals surface area contributed by atoms with Gasteiger partial charge in [-0.05, 0) is 54.7 Å². The van der Waals surface area contributed by atoms with Gasteiger partial charge in [0.05, 0.1) is 17.6 Å². The molecule has 0 aliphatic carbocycles. The van der Waals surface area contributed by atoms with Crippen molar-refractivity contribution in [1.82, 2.24) is 4.72 Å². The van der Waals surface area contributed by atoms with Crippen LogP contribution in [0.2, 0.25) is 0 Å². The van der Waals surface area contributed by atoms with E-state index in [9.17, 15) is 13.2 Å². The van der Waals surface area contributed by atoms with Gasteiger partial charge in [-0.25, -0.2) is 17.9 Å². The van der Waals surface area contributed by atoms with Crippen LogP contribution in [0, 0.1) is 13.8 Å². The quantitative estimate of drug-likeness (QED) is 0.576. The van der Waals surface area contributed by atoms with Crippen LogP contribution in [0.1, 0.15) is 27.0 Å². The molecule has 0 bridgehead atoms. The maximum absolute atomic E-state index is 12.6. The summed E-state index contributed by atoms with van der Waals surface area (Å²) in [6, 6.07) is 20.9. The number of nitrogens with one attached hydrogen (secondary N) is 1. The molecule has 0 aliphatic heterocycles. The average molecular weight is 424 g/mol. The highest BCUT2D eigenvalue weighted by molar-refractivity contribution is 7.89. The van der Waals surface area contributed by atoms with Gasteiger partial charge in [0.15, 0.2) is 0 Å². The lowest BCUT2D eigenvalue weighted by molar-refractivity contribution is 0.0599. The molecule has 0 spiro atoms. The minimum absolute atomic E-state index is 0.0446. The molecule has 0 aromatic heterocycles. The first-order valence-electron chi connectivity index (χ1n) is 9.65. The molecule has 6 heteroatoms. The second-order valence-electron chi connectivity index (χ2n) is 7.18. The van der Waals surface area contributed by atoms with Crippen LogP contribution in [0.4, 0.5) is 0 Å². The van der Waals surface area contributed by atoms with Gasteiger partial charge in [0.25, 0.3) is 0 Å². The predicted molar refractivity (Wildman–Crippen MR) is 118 cm³/mol. The molecule has 0 atom stereocenters. The second-order valence-corrected chi connectivity index (χ2v) is 8.95. The summed E-state index contributed by atoms with van der Waals surface area (Å²) in [5.41, 5.74) is 5.42. The van der Waals surface area contributed by atoms with Crippen LogP contribution in [0.3, 0.4) is 0 Å². The van der Waals surface area contributed by atoms with Crippen molar-refractivity contribution in [3.8, 4) is 11.1 Å². The number of methoxy groups -OCH3 is 1. The Hall–Kier alpha value is -2.96. The SMILES string of the molecule is COC(=O)c1cc(S(=O)(=O)NCCc2ccc(-c3ccc(C)cc3)cc2)ccc1C. The van der Waals surface area contributed by atoms with Gasteiger partial charge >= 0.3 is 5.97 Å². The summed E-state index contributed by atoms with van der Waals surface area (Å²) in [7, 11) is -2.46. The number of rotatable bonds is 7. The van der Waals surface area contributed by atoms with E-state index in [1.54, 1.807) is 13.0 Å². The fourth-order valence-corrected chi connectivity index (χ4v) is 4.18. The molecule has 0 heterocycles. The van der Waals surface area contributed by atoms with E-state index in [1.807, 2.05) is 24.3 Å². The molecule has 1 N–H and O–H groups in total. The third kappa shape index (κ3) is 5.14. The Morgan fingerprint density at radius 2 is 1.50 bits per heavy atom. The van der Waals surface area contributed by atoms with Crippen molar-refractivity contribution in [1.29, 1.82) is 0 Å². The Labute approximate surface area is 177 Å². The number of hydrogen-bond acceptors (Lipinski definition) is 4. The van der Waals surface area contributed by atoms with Crippen LogP contribution >= 0.6 is 0 Å². The molecule has 0 fully saturated rings. The van der Waals surface area contributed by atoms with E-state index in [-0.39, 0.29) is 17.0 Å². The minimum Gasteiger partial charge on any atom is -0.465 e. The molecule has 0 saturated heterocycles. The molecule has 0 unspecified atom stereocenters. The molecule has 156 valence electrons. The number of aryl methyl sites for hydroxylation is 2. The zero-order valence-corrected chi connectivity index (χ0v) is 18.1. The summed E-state index contributed by atoms with van der Waals surface area (Å²) < 4.78 is 32.5. The average Bonchev–Trinajstić information content (AvgIpc) is 2.74. The number of sulfonamides is 1. The number of hydrogen-bond donors (Lipinski definition) is 1. The summed E-state index contributed by atoms with van der Waals surface area (Å²) in [6.07, 6.45) is 0.559. The van der Waals surface area contributed by atoms with Gasteiger partial charge in [-0.15, -0.1) is 0 Å². The normalized spacial score (nSPS) is 11.3. The molecule has 0 amide bonds. The van der Waals surface area contributed by atoms with Crippen LogP contribution in [0.25, 0.3) is 11.1 Å². The van der Waals surface area contributed by atoms with Gasteiger partial charge in [-0.1, -0.05) is 60.2 Å². The number of benzene rings is 3. The zero-order chi connectivity index (χ0) is 21.7. The first kappa shape index (κ1) is 21.7. The van der Waals surface area contributed by atoms with Gasteiger partial charge in [-0.3, -0.25) is 0 Å². The first-order chi connectivity index (χ1) is 14.3. The highest BCUT2D eigenvalue weighted by atomic mass is 32.2. The Morgan fingerprint density at radius 1 is 0.900 bits per heavy atom. The molecule has 3 rings (SSSR count). The van der Waals surface area contributed by atoms with Gasteiger partial charge in [0.2, 0.25) is 10.0 Å². The third-order valence-electron chi connectivity index (χ3n) is 4.97. The lowest BCUT2D eigenvalue weighted by Gasteiger charge is -2.10. The lowest BCUT2D eigenvalue weighted by atomic mass is 10.0. The van der Waals surface area contributed by atoms with Crippen molar-refractivity contribution in [2.75, 3.05) is 13.7 Å². The van der Waals surface area contributed by atoms with Crippen LogP contribution in [-0.4, -0.2) is 28.0 Å². The second kappa shape index (κ2) is 9.24. The molecule has 0 aliphatic rings. The highest BCUT2D eigenvalue weighted by Gasteiger charge is 2.18. The molecule has 0 saturated carbocycles. The van der Waals surface area contributed by atoms with E-state index in [1.165, 1.54) is 24.8 Å². The summed E-state index contributed by atoms with van der Waals surface area (Å²) in [5.74, 6) is -0.557. The van der Waals surface area contributed by atoms with E-state index in [0.29, 0.717) is 12.0 Å². The number of carbonyl (C=O) groups is 1. The Balaban J connectivity index is 1.64. The zero-order valence-electron chi connectivity index (χ0n) is 17.3. The summed E-state index contributed by atoms with van der Waals surface area (Å²) in [4.78, 5) is 11.9. The van der Waals surface area contributed by atoms with Crippen molar-refractivity contribution in [2.24, 2.45) is 0 Å². The van der Waals surface area contributed by atoms with Gasteiger partial charge in [0.1, 0.15) is 0 Å². The van der Waals surface area contributed by atoms with E-state index in [2.05, 4.69) is 35.9 Å². The fourth-order valence-electron chi connectivity index (χ4n) is 3.12. The lowest BCUT2D eigenvalue weighted by Crippen LogP contribution is -2.26. The number of ether oxygens (including phenoxy) is 1. The molecular weight excluding hydrogens is 398 g/mol. The highest BCUT2D eigenvalue weighted by Crippen LogP contribution is 2.21. The summed E-state index contributed by atoms with van der Waals surface area (Å²) in [6.45, 7) is 4.05. The molecule has 3 aromatic rings. The van der Waals surface area contributed by atoms with E-state index >= 15 is 0 Å². The Bertz CT molecular complexity index is 1130. The van der Waals surface area contributed by atoms with Crippen LogP contribution in [-0.2, 0) is 21.2 Å². The topological polar surface area (TPSA) is 72.5 Å². The summed E-state index contributed by atoms with van der Waals surface area (Å²) >= 11 is 0. The Kier molecular flexibility index (Phi) is 6.70. The summed E-state index contributed by atoms with van der Waals surface area (Å²) in [5, 5.41) is 0. The van der Waals surface area contributed by atoms with Crippen molar-refractivity contribution in [3.63, 3.8) is 0 Å². The largest absolute Gasteiger partial charge is 0.465 e. The van der Waals surface area contributed by atoms with Crippen LogP contribution in [0.15, 0.2) is 71.6 Å². The van der Waals surface area contributed by atoms with Gasteiger partial charge in [0, 0.05) is 6.54 Å². The molecule has 5 nitrogen and oxygen atoms in total. The smallest absolute Gasteiger partial charge is 0.338 e. The van der Waals surface area contributed by atoms with Crippen molar-refractivity contribution in [3.05, 3.63) is 89.0 Å². The predicted octanol–water partition coefficient (Wildman–Crippen LogP) is 4.28. The fraction of sp³-hybridized carbons (Fsp3) is 0.208. The van der Waals surface area contributed by atoms with E-state index in [4.69, 9.17) is 4.74 Å². The number of carbonyl (C=O) groups excluding carboxylic acids is 1. The van der Waals surface area contributed by atoms with E-state index in [0.717, 1.165) is 16.7 Å². The van der Waals surface area contributed by atoms with Crippen LogP contribution in [0.5, 0.6) is 0 Å². The standard InChI is InChI=1S/C24H25NO4S/c1-17-4-9-20(10-5-17)21-11-7-19(8-12-21)14-15-25-30(27,28)22-13-6-18(2)23(16-22)24(26)29-3/h4-13,16,25H,14-15H2,1-3H3.